The van der Waals surface area contributed by atoms with Gasteiger partial charge in [0.2, 0.25) is 0 Å². The summed E-state index contributed by atoms with van der Waals surface area (Å²) < 4.78 is 4.57. The molecule has 1 aromatic rings. The summed E-state index contributed by atoms with van der Waals surface area (Å²) in [7, 11) is 1.38. The molecular weight excluding hydrogens is 371 g/mol. The van der Waals surface area contributed by atoms with Crippen molar-refractivity contribution in [1.29, 1.82) is 0 Å². The van der Waals surface area contributed by atoms with E-state index in [4.69, 9.17) is 0 Å². The minimum atomic E-state index is -0.243. The molecule has 6 nitrogen and oxygen atoms in total. The number of rotatable bonds is 6. The van der Waals surface area contributed by atoms with Crippen molar-refractivity contribution >= 4 is 35.9 Å². The quantitative estimate of drug-likeness (QED) is 0.331. The fraction of sp³-hybridized carbons (Fsp3) is 0.462. The van der Waals surface area contributed by atoms with Crippen molar-refractivity contribution in [3.63, 3.8) is 0 Å². The number of guanidine groups is 1. The molecule has 1 aromatic heterocycles. The summed E-state index contributed by atoms with van der Waals surface area (Å²) >= 11 is 0. The monoisotopic (exact) mass is 392 g/mol. The van der Waals surface area contributed by atoms with Crippen LogP contribution in [0, 0.1) is 0 Å². The summed E-state index contributed by atoms with van der Waals surface area (Å²) in [6.07, 6.45) is 2.05. The first-order valence-electron chi connectivity index (χ1n) is 6.25. The van der Waals surface area contributed by atoms with Crippen molar-refractivity contribution in [2.24, 2.45) is 4.99 Å². The van der Waals surface area contributed by atoms with Gasteiger partial charge < -0.3 is 15.4 Å². The number of nitrogens with one attached hydrogen (secondary N) is 2. The maximum absolute atomic E-state index is 11.0. The van der Waals surface area contributed by atoms with Gasteiger partial charge in [0.1, 0.15) is 0 Å². The van der Waals surface area contributed by atoms with Crippen LogP contribution in [-0.4, -0.2) is 37.1 Å². The number of carbonyl (C=O) groups is 1. The van der Waals surface area contributed by atoms with E-state index in [1.165, 1.54) is 7.11 Å². The Morgan fingerprint density at radius 1 is 1.40 bits per heavy atom. The zero-order chi connectivity index (χ0) is 13.9. The maximum atomic E-state index is 11.0. The number of hydrogen-bond donors (Lipinski definition) is 2. The van der Waals surface area contributed by atoms with Crippen LogP contribution >= 0.6 is 24.0 Å². The van der Waals surface area contributed by atoms with E-state index in [-0.39, 0.29) is 29.9 Å². The fourth-order valence-corrected chi connectivity index (χ4v) is 1.38. The van der Waals surface area contributed by atoms with E-state index in [1.807, 2.05) is 25.1 Å². The Morgan fingerprint density at radius 3 is 2.80 bits per heavy atom. The highest BCUT2D eigenvalue weighted by Crippen LogP contribution is 1.95. The molecule has 2 N–H and O–H groups in total. The van der Waals surface area contributed by atoms with Crippen LogP contribution in [0.3, 0.4) is 0 Å². The number of aromatic nitrogens is 1. The number of hydrogen-bond acceptors (Lipinski definition) is 4. The molecule has 0 atom stereocenters. The topological polar surface area (TPSA) is 75.6 Å². The number of carbonyl (C=O) groups excluding carboxylic acids is 1. The second-order valence-electron chi connectivity index (χ2n) is 3.77. The van der Waals surface area contributed by atoms with E-state index in [0.29, 0.717) is 25.5 Å². The molecule has 0 aromatic carbocycles. The second kappa shape index (κ2) is 11.4. The van der Waals surface area contributed by atoms with Gasteiger partial charge in [0.25, 0.3) is 0 Å². The number of aliphatic imine (C=N–C) groups is 1. The van der Waals surface area contributed by atoms with Crippen LogP contribution in [0.2, 0.25) is 0 Å². The number of ether oxygens (including phenoxy) is 1. The van der Waals surface area contributed by atoms with Crippen LogP contribution in [0.4, 0.5) is 0 Å². The molecule has 0 amide bonds. The highest BCUT2D eigenvalue weighted by atomic mass is 127. The molecule has 0 aliphatic rings. The Bertz CT molecular complexity index is 412. The van der Waals surface area contributed by atoms with Crippen LogP contribution in [0.25, 0.3) is 0 Å². The van der Waals surface area contributed by atoms with Gasteiger partial charge >= 0.3 is 5.97 Å². The van der Waals surface area contributed by atoms with Gasteiger partial charge in [-0.2, -0.15) is 0 Å². The fourth-order valence-electron chi connectivity index (χ4n) is 1.38. The van der Waals surface area contributed by atoms with Gasteiger partial charge in [-0.1, -0.05) is 6.07 Å². The van der Waals surface area contributed by atoms with Crippen LogP contribution < -0.4 is 10.6 Å². The summed E-state index contributed by atoms with van der Waals surface area (Å²) in [4.78, 5) is 19.6. The predicted molar refractivity (Wildman–Crippen MR) is 89.1 cm³/mol. The number of nitrogens with zero attached hydrogens (tertiary/aromatic N) is 2. The lowest BCUT2D eigenvalue weighted by molar-refractivity contribution is -0.140. The lowest BCUT2D eigenvalue weighted by Gasteiger charge is -2.10. The molecule has 7 heteroatoms. The highest BCUT2D eigenvalue weighted by Gasteiger charge is 2.01. The molecule has 0 spiro atoms. The van der Waals surface area contributed by atoms with E-state index in [0.717, 1.165) is 12.2 Å². The molecule has 0 bridgehead atoms. The van der Waals surface area contributed by atoms with Crippen LogP contribution in [0.1, 0.15) is 19.0 Å². The zero-order valence-electron chi connectivity index (χ0n) is 11.8. The van der Waals surface area contributed by atoms with Crippen LogP contribution in [0.5, 0.6) is 0 Å². The molecule has 0 saturated carbocycles. The lowest BCUT2D eigenvalue weighted by atomic mass is 10.3. The summed E-state index contributed by atoms with van der Waals surface area (Å²) in [6.45, 7) is 3.72. The van der Waals surface area contributed by atoms with E-state index in [1.54, 1.807) is 6.20 Å². The maximum Gasteiger partial charge on any atom is 0.307 e. The molecule has 0 unspecified atom stereocenters. The van der Waals surface area contributed by atoms with E-state index >= 15 is 0 Å². The number of esters is 1. The van der Waals surface area contributed by atoms with E-state index < -0.39 is 0 Å². The first-order valence-corrected chi connectivity index (χ1v) is 6.25. The van der Waals surface area contributed by atoms with Gasteiger partial charge in [-0.3, -0.25) is 9.78 Å². The van der Waals surface area contributed by atoms with E-state index in [2.05, 4.69) is 25.3 Å². The Labute approximate surface area is 136 Å². The average molecular weight is 392 g/mol. The molecule has 0 saturated heterocycles. The Hall–Kier alpha value is -1.38. The molecule has 0 aliphatic carbocycles. The van der Waals surface area contributed by atoms with Gasteiger partial charge in [0.05, 0.1) is 25.8 Å². The highest BCUT2D eigenvalue weighted by molar-refractivity contribution is 14.0. The molecule has 1 heterocycles. The van der Waals surface area contributed by atoms with Crippen molar-refractivity contribution in [2.45, 2.75) is 19.9 Å². The SMILES string of the molecule is CCNC(=NCc1ccccn1)NCCC(=O)OC.I. The van der Waals surface area contributed by atoms with Crippen molar-refractivity contribution in [3.8, 4) is 0 Å². The van der Waals surface area contributed by atoms with E-state index in [9.17, 15) is 4.79 Å². The van der Waals surface area contributed by atoms with Gasteiger partial charge in [0, 0.05) is 19.3 Å². The Balaban J connectivity index is 0.00000361. The molecule has 1 rings (SSSR count). The number of methoxy groups -OCH3 is 1. The molecule has 20 heavy (non-hydrogen) atoms. The third-order valence-corrected chi connectivity index (χ3v) is 2.32. The average Bonchev–Trinajstić information content (AvgIpc) is 2.45. The van der Waals surface area contributed by atoms with Gasteiger partial charge in [-0.15, -0.1) is 24.0 Å². The van der Waals surface area contributed by atoms with Crippen LogP contribution in [-0.2, 0) is 16.1 Å². The van der Waals surface area contributed by atoms with Crippen molar-refractivity contribution < 1.29 is 9.53 Å². The summed E-state index contributed by atoms with van der Waals surface area (Å²) in [5.41, 5.74) is 0.896. The summed E-state index contributed by atoms with van der Waals surface area (Å²) in [6, 6.07) is 5.71. The largest absolute Gasteiger partial charge is 0.469 e. The number of halogens is 1. The molecule has 112 valence electrons. The number of pyridine rings is 1. The predicted octanol–water partition coefficient (Wildman–Crippen LogP) is 1.32. The Morgan fingerprint density at radius 2 is 2.20 bits per heavy atom. The van der Waals surface area contributed by atoms with Gasteiger partial charge in [-0.25, -0.2) is 4.99 Å². The van der Waals surface area contributed by atoms with Gasteiger partial charge in [0.15, 0.2) is 5.96 Å². The first-order chi connectivity index (χ1) is 9.26. The van der Waals surface area contributed by atoms with Crippen LogP contribution in [0.15, 0.2) is 29.4 Å². The smallest absolute Gasteiger partial charge is 0.307 e. The third kappa shape index (κ3) is 7.93. The third-order valence-electron chi connectivity index (χ3n) is 2.32. The Kier molecular flexibility index (Phi) is 10.7. The van der Waals surface area contributed by atoms with Crippen molar-refractivity contribution in [2.75, 3.05) is 20.2 Å². The minimum absolute atomic E-state index is 0. The minimum Gasteiger partial charge on any atom is -0.469 e. The summed E-state index contributed by atoms with van der Waals surface area (Å²) in [5, 5.41) is 6.17. The first kappa shape index (κ1) is 18.6. The van der Waals surface area contributed by atoms with Crippen molar-refractivity contribution in [1.82, 2.24) is 15.6 Å². The molecule has 0 aliphatic heterocycles. The summed E-state index contributed by atoms with van der Waals surface area (Å²) in [5.74, 6) is 0.421. The molecule has 0 fully saturated rings. The zero-order valence-corrected chi connectivity index (χ0v) is 14.1. The van der Waals surface area contributed by atoms with Crippen molar-refractivity contribution in [3.05, 3.63) is 30.1 Å². The molecular formula is C13H21IN4O2. The standard InChI is InChI=1S/C13H20N4O2.HI/c1-3-14-13(16-9-7-12(18)19-2)17-10-11-6-4-5-8-15-11;/h4-6,8H,3,7,9-10H2,1-2H3,(H2,14,16,17);1H. The normalized spacial score (nSPS) is 10.4. The lowest BCUT2D eigenvalue weighted by Crippen LogP contribution is -2.38. The molecule has 0 radical (unpaired) electrons. The van der Waals surface area contributed by atoms with Gasteiger partial charge in [-0.05, 0) is 19.1 Å². The second-order valence-corrected chi connectivity index (χ2v) is 3.77.